The van der Waals surface area contributed by atoms with E-state index in [1.54, 1.807) is 42.5 Å². The molecular weight excluding hydrogens is 386 g/mol. The van der Waals surface area contributed by atoms with E-state index in [4.69, 9.17) is 0 Å². The first-order valence-electron chi connectivity index (χ1n) is 9.49. The van der Waals surface area contributed by atoms with Crippen LogP contribution >= 0.6 is 0 Å². The lowest BCUT2D eigenvalue weighted by Gasteiger charge is -2.16. The highest BCUT2D eigenvalue weighted by molar-refractivity contribution is 6.46. The molecule has 2 amide bonds. The van der Waals surface area contributed by atoms with Gasteiger partial charge in [-0.05, 0) is 41.8 Å². The number of nitrogens with one attached hydrogen (secondary N) is 1. The summed E-state index contributed by atoms with van der Waals surface area (Å²) >= 11 is 0. The SMILES string of the molecule is CCc1ccc(NC2=C(c3ccccc3)C(=O)N(c3cc(F)ccc3F)C2=O)cc1. The molecule has 0 atom stereocenters. The molecule has 4 nitrogen and oxygen atoms in total. The molecule has 4 rings (SSSR count). The van der Waals surface area contributed by atoms with Crippen molar-refractivity contribution in [2.75, 3.05) is 10.2 Å². The fraction of sp³-hybridized carbons (Fsp3) is 0.0833. The summed E-state index contributed by atoms with van der Waals surface area (Å²) in [6, 6.07) is 18.7. The molecule has 0 radical (unpaired) electrons. The van der Waals surface area contributed by atoms with Crippen molar-refractivity contribution in [3.05, 3.63) is 101 Å². The average molecular weight is 404 g/mol. The minimum atomic E-state index is -0.862. The van der Waals surface area contributed by atoms with E-state index in [1.807, 2.05) is 19.1 Å². The minimum Gasteiger partial charge on any atom is -0.350 e. The van der Waals surface area contributed by atoms with Gasteiger partial charge in [-0.3, -0.25) is 9.59 Å². The summed E-state index contributed by atoms with van der Waals surface area (Å²) in [5.41, 5.74) is 1.93. The van der Waals surface area contributed by atoms with Gasteiger partial charge >= 0.3 is 0 Å². The first-order valence-corrected chi connectivity index (χ1v) is 9.49. The number of aryl methyl sites for hydroxylation is 1. The van der Waals surface area contributed by atoms with Gasteiger partial charge in [0.25, 0.3) is 11.8 Å². The maximum atomic E-state index is 14.4. The van der Waals surface area contributed by atoms with Crippen molar-refractivity contribution in [2.45, 2.75) is 13.3 Å². The molecule has 0 saturated heterocycles. The Kier molecular flexibility index (Phi) is 5.14. The lowest BCUT2D eigenvalue weighted by molar-refractivity contribution is -0.120. The number of nitrogens with zero attached hydrogens (tertiary/aromatic N) is 1. The molecule has 1 N–H and O–H groups in total. The van der Waals surface area contributed by atoms with Crippen LogP contribution in [0.2, 0.25) is 0 Å². The zero-order chi connectivity index (χ0) is 21.3. The van der Waals surface area contributed by atoms with Gasteiger partial charge in [0, 0.05) is 11.8 Å². The van der Waals surface area contributed by atoms with Gasteiger partial charge in [0.15, 0.2) is 0 Å². The number of amides is 2. The summed E-state index contributed by atoms with van der Waals surface area (Å²) in [6.45, 7) is 2.03. The third-order valence-corrected chi connectivity index (χ3v) is 4.93. The molecule has 0 bridgehead atoms. The van der Waals surface area contributed by atoms with Crippen LogP contribution < -0.4 is 10.2 Å². The van der Waals surface area contributed by atoms with Gasteiger partial charge in [-0.15, -0.1) is 0 Å². The number of benzene rings is 3. The Labute approximate surface area is 172 Å². The highest BCUT2D eigenvalue weighted by atomic mass is 19.1. The van der Waals surface area contributed by atoms with E-state index in [9.17, 15) is 18.4 Å². The van der Waals surface area contributed by atoms with Crippen LogP contribution in [0.1, 0.15) is 18.1 Å². The fourth-order valence-electron chi connectivity index (χ4n) is 3.36. The number of carbonyl (C=O) groups is 2. The van der Waals surface area contributed by atoms with Crippen molar-refractivity contribution < 1.29 is 18.4 Å². The molecule has 3 aromatic rings. The summed E-state index contributed by atoms with van der Waals surface area (Å²) in [7, 11) is 0. The molecule has 1 heterocycles. The second-order valence-corrected chi connectivity index (χ2v) is 6.83. The smallest absolute Gasteiger partial charge is 0.282 e. The molecule has 0 fully saturated rings. The first-order chi connectivity index (χ1) is 14.5. The second-order valence-electron chi connectivity index (χ2n) is 6.83. The molecule has 0 unspecified atom stereocenters. The topological polar surface area (TPSA) is 49.4 Å². The lowest BCUT2D eigenvalue weighted by Crippen LogP contribution is -2.33. The van der Waals surface area contributed by atoms with Crippen molar-refractivity contribution in [1.82, 2.24) is 0 Å². The van der Waals surface area contributed by atoms with Crippen LogP contribution in [0.4, 0.5) is 20.2 Å². The quantitative estimate of drug-likeness (QED) is 0.614. The van der Waals surface area contributed by atoms with Crippen molar-refractivity contribution in [2.24, 2.45) is 0 Å². The van der Waals surface area contributed by atoms with Crippen LogP contribution in [-0.4, -0.2) is 11.8 Å². The second kappa shape index (κ2) is 7.91. The average Bonchev–Trinajstić information content (AvgIpc) is 3.00. The lowest BCUT2D eigenvalue weighted by atomic mass is 10.0. The Morgan fingerprint density at radius 1 is 0.867 bits per heavy atom. The number of hydrogen-bond acceptors (Lipinski definition) is 3. The molecule has 3 aromatic carbocycles. The summed E-state index contributed by atoms with van der Waals surface area (Å²) in [5.74, 6) is -3.07. The zero-order valence-corrected chi connectivity index (χ0v) is 16.2. The maximum Gasteiger partial charge on any atom is 0.282 e. The van der Waals surface area contributed by atoms with E-state index in [-0.39, 0.29) is 11.3 Å². The molecule has 150 valence electrons. The number of carbonyl (C=O) groups excluding carboxylic acids is 2. The Morgan fingerprint density at radius 2 is 1.57 bits per heavy atom. The van der Waals surface area contributed by atoms with Crippen molar-refractivity contribution in [3.8, 4) is 0 Å². The number of imide groups is 1. The number of anilines is 2. The summed E-state index contributed by atoms with van der Waals surface area (Å²) in [4.78, 5) is 27.1. The highest BCUT2D eigenvalue weighted by Crippen LogP contribution is 2.35. The van der Waals surface area contributed by atoms with Crippen molar-refractivity contribution in [3.63, 3.8) is 0 Å². The van der Waals surface area contributed by atoms with Gasteiger partial charge in [-0.1, -0.05) is 49.4 Å². The van der Waals surface area contributed by atoms with E-state index >= 15 is 0 Å². The van der Waals surface area contributed by atoms with Gasteiger partial charge in [0.05, 0.1) is 11.3 Å². The fourth-order valence-corrected chi connectivity index (χ4v) is 3.36. The normalized spacial score (nSPS) is 13.9. The third kappa shape index (κ3) is 3.48. The van der Waals surface area contributed by atoms with Crippen LogP contribution in [0.5, 0.6) is 0 Å². The van der Waals surface area contributed by atoms with Crippen molar-refractivity contribution in [1.29, 1.82) is 0 Å². The van der Waals surface area contributed by atoms with Gasteiger partial charge in [-0.2, -0.15) is 0 Å². The van der Waals surface area contributed by atoms with Gasteiger partial charge in [0.2, 0.25) is 0 Å². The molecule has 0 aromatic heterocycles. The first kappa shape index (κ1) is 19.5. The monoisotopic (exact) mass is 404 g/mol. The van der Waals surface area contributed by atoms with Gasteiger partial charge < -0.3 is 5.32 Å². The van der Waals surface area contributed by atoms with Crippen LogP contribution in [0.15, 0.2) is 78.5 Å². The van der Waals surface area contributed by atoms with Crippen LogP contribution in [0.3, 0.4) is 0 Å². The van der Waals surface area contributed by atoms with Crippen LogP contribution in [0, 0.1) is 11.6 Å². The molecule has 0 spiro atoms. The predicted molar refractivity (Wildman–Crippen MR) is 112 cm³/mol. The standard InChI is InChI=1S/C24H18F2N2O2/c1-2-15-8-11-18(12-9-15)27-22-21(16-6-4-3-5-7-16)23(29)28(24(22)30)20-14-17(25)10-13-19(20)26/h3-14,27H,2H2,1H3. The van der Waals surface area contributed by atoms with E-state index in [0.29, 0.717) is 16.2 Å². The largest absolute Gasteiger partial charge is 0.350 e. The van der Waals surface area contributed by atoms with Crippen LogP contribution in [0.25, 0.3) is 5.57 Å². The van der Waals surface area contributed by atoms with Crippen molar-refractivity contribution >= 4 is 28.8 Å². The summed E-state index contributed by atoms with van der Waals surface area (Å²) < 4.78 is 28.1. The molecular formula is C24H18F2N2O2. The van der Waals surface area contributed by atoms with E-state index in [2.05, 4.69) is 5.32 Å². The maximum absolute atomic E-state index is 14.4. The Balaban J connectivity index is 1.81. The molecule has 0 saturated carbocycles. The zero-order valence-electron chi connectivity index (χ0n) is 16.2. The predicted octanol–water partition coefficient (Wildman–Crippen LogP) is 4.92. The molecule has 6 heteroatoms. The number of hydrogen-bond donors (Lipinski definition) is 1. The molecule has 1 aliphatic heterocycles. The van der Waals surface area contributed by atoms with E-state index in [0.717, 1.165) is 30.2 Å². The third-order valence-electron chi connectivity index (χ3n) is 4.93. The molecule has 1 aliphatic rings. The summed E-state index contributed by atoms with van der Waals surface area (Å²) in [6.07, 6.45) is 0.863. The van der Waals surface area contributed by atoms with Crippen LogP contribution in [-0.2, 0) is 16.0 Å². The Morgan fingerprint density at radius 3 is 2.23 bits per heavy atom. The molecule has 30 heavy (non-hydrogen) atoms. The molecule has 0 aliphatic carbocycles. The van der Waals surface area contributed by atoms with E-state index < -0.39 is 29.1 Å². The number of rotatable bonds is 5. The number of halogens is 2. The Hall–Kier alpha value is -3.80. The Bertz CT molecular complexity index is 1160. The minimum absolute atomic E-state index is 0.0131. The van der Waals surface area contributed by atoms with Gasteiger partial charge in [-0.25, -0.2) is 13.7 Å². The van der Waals surface area contributed by atoms with E-state index in [1.165, 1.54) is 0 Å². The van der Waals surface area contributed by atoms with Gasteiger partial charge in [0.1, 0.15) is 17.3 Å². The highest BCUT2D eigenvalue weighted by Gasteiger charge is 2.41. The summed E-state index contributed by atoms with van der Waals surface area (Å²) in [5, 5.41) is 3.01.